The molecule has 0 saturated carbocycles. The van der Waals surface area contributed by atoms with Crippen molar-refractivity contribution in [2.24, 2.45) is 0 Å². The summed E-state index contributed by atoms with van der Waals surface area (Å²) >= 11 is 0. The molecule has 0 spiro atoms. The normalized spacial score (nSPS) is 12.6. The van der Waals surface area contributed by atoms with E-state index in [-0.39, 0.29) is 12.5 Å². The fraction of sp³-hybridized carbons (Fsp3) is 0.538. The maximum Gasteiger partial charge on any atom is 0.122 e. The maximum absolute atomic E-state index is 9.30. The van der Waals surface area contributed by atoms with Crippen molar-refractivity contribution in [3.63, 3.8) is 0 Å². The maximum atomic E-state index is 9.30. The van der Waals surface area contributed by atoms with Crippen molar-refractivity contribution in [3.05, 3.63) is 28.8 Å². The Morgan fingerprint density at radius 3 is 2.33 bits per heavy atom. The van der Waals surface area contributed by atoms with Crippen LogP contribution in [0.3, 0.4) is 0 Å². The van der Waals surface area contributed by atoms with Gasteiger partial charge in [0.15, 0.2) is 0 Å². The molecule has 0 fully saturated rings. The number of aliphatic hydroxyl groups excluding tert-OH is 1. The molecule has 84 valence electrons. The predicted octanol–water partition coefficient (Wildman–Crippen LogP) is 2.80. The molecule has 1 N–H and O–H groups in total. The zero-order valence-electron chi connectivity index (χ0n) is 10.0. The highest BCUT2D eigenvalue weighted by Gasteiger charge is 2.14. The van der Waals surface area contributed by atoms with Gasteiger partial charge in [-0.15, -0.1) is 0 Å². The molecule has 1 aromatic carbocycles. The monoisotopic (exact) mass is 208 g/mol. The Balaban J connectivity index is 3.20. The van der Waals surface area contributed by atoms with Crippen molar-refractivity contribution in [1.29, 1.82) is 0 Å². The van der Waals surface area contributed by atoms with Gasteiger partial charge >= 0.3 is 0 Å². The summed E-state index contributed by atoms with van der Waals surface area (Å²) in [5.74, 6) is 1.07. The zero-order valence-corrected chi connectivity index (χ0v) is 10.0. The number of hydrogen-bond donors (Lipinski definition) is 1. The van der Waals surface area contributed by atoms with Gasteiger partial charge in [0.05, 0.1) is 13.7 Å². The summed E-state index contributed by atoms with van der Waals surface area (Å²) in [6.07, 6.45) is 0.926. The largest absolute Gasteiger partial charge is 0.496 e. The number of aliphatic hydroxyl groups is 1. The van der Waals surface area contributed by atoms with E-state index in [1.807, 2.05) is 6.07 Å². The second-order valence-electron chi connectivity index (χ2n) is 3.97. The number of aryl methyl sites for hydroxylation is 2. The lowest BCUT2D eigenvalue weighted by atomic mass is 9.93. The van der Waals surface area contributed by atoms with Crippen LogP contribution in [0.5, 0.6) is 5.75 Å². The Labute approximate surface area is 91.9 Å². The Hall–Kier alpha value is -1.02. The van der Waals surface area contributed by atoms with E-state index in [2.05, 4.69) is 26.8 Å². The standard InChI is InChI=1S/C13H20O2/c1-5-11(8-14)12-6-9(2)10(3)7-13(12)15-4/h6-7,11,14H,5,8H2,1-4H3. The van der Waals surface area contributed by atoms with Gasteiger partial charge < -0.3 is 9.84 Å². The fourth-order valence-electron chi connectivity index (χ4n) is 1.76. The van der Waals surface area contributed by atoms with Gasteiger partial charge in [-0.05, 0) is 43.0 Å². The Morgan fingerprint density at radius 2 is 1.87 bits per heavy atom. The van der Waals surface area contributed by atoms with E-state index in [9.17, 15) is 5.11 Å². The number of hydrogen-bond acceptors (Lipinski definition) is 2. The molecule has 1 atom stereocenters. The minimum atomic E-state index is 0.176. The van der Waals surface area contributed by atoms with E-state index >= 15 is 0 Å². The zero-order chi connectivity index (χ0) is 11.4. The highest BCUT2D eigenvalue weighted by atomic mass is 16.5. The minimum Gasteiger partial charge on any atom is -0.496 e. The van der Waals surface area contributed by atoms with Crippen LogP contribution in [0.25, 0.3) is 0 Å². The molecule has 2 heteroatoms. The number of rotatable bonds is 4. The van der Waals surface area contributed by atoms with Gasteiger partial charge in [-0.1, -0.05) is 13.0 Å². The Kier molecular flexibility index (Phi) is 4.15. The van der Waals surface area contributed by atoms with E-state index in [0.717, 1.165) is 17.7 Å². The van der Waals surface area contributed by atoms with Crippen molar-refractivity contribution in [2.75, 3.05) is 13.7 Å². The van der Waals surface area contributed by atoms with Gasteiger partial charge in [0.2, 0.25) is 0 Å². The van der Waals surface area contributed by atoms with Crippen LogP contribution < -0.4 is 4.74 Å². The van der Waals surface area contributed by atoms with Crippen LogP contribution in [-0.4, -0.2) is 18.8 Å². The van der Waals surface area contributed by atoms with Crippen LogP contribution in [0, 0.1) is 13.8 Å². The van der Waals surface area contributed by atoms with Gasteiger partial charge in [0.1, 0.15) is 5.75 Å². The Bertz CT molecular complexity index is 328. The first-order valence-electron chi connectivity index (χ1n) is 5.40. The highest BCUT2D eigenvalue weighted by molar-refractivity contribution is 5.43. The van der Waals surface area contributed by atoms with Crippen LogP contribution in [-0.2, 0) is 0 Å². The molecule has 1 rings (SSSR count). The molecule has 0 amide bonds. The summed E-state index contributed by atoms with van der Waals surface area (Å²) in [7, 11) is 1.68. The molecular weight excluding hydrogens is 188 g/mol. The molecule has 15 heavy (non-hydrogen) atoms. The summed E-state index contributed by atoms with van der Waals surface area (Å²) in [6, 6.07) is 4.17. The van der Waals surface area contributed by atoms with Crippen LogP contribution in [0.4, 0.5) is 0 Å². The lowest BCUT2D eigenvalue weighted by Crippen LogP contribution is -2.06. The van der Waals surface area contributed by atoms with Crippen LogP contribution in [0.15, 0.2) is 12.1 Å². The molecule has 0 heterocycles. The molecule has 1 aromatic rings. The lowest BCUT2D eigenvalue weighted by Gasteiger charge is -2.18. The first kappa shape index (κ1) is 12.1. The molecule has 0 aromatic heterocycles. The third-order valence-electron chi connectivity index (χ3n) is 3.00. The lowest BCUT2D eigenvalue weighted by molar-refractivity contribution is 0.259. The summed E-state index contributed by atoms with van der Waals surface area (Å²) in [4.78, 5) is 0. The first-order valence-corrected chi connectivity index (χ1v) is 5.40. The molecule has 0 aliphatic rings. The van der Waals surface area contributed by atoms with E-state index < -0.39 is 0 Å². The van der Waals surface area contributed by atoms with Crippen LogP contribution in [0.2, 0.25) is 0 Å². The van der Waals surface area contributed by atoms with Gasteiger partial charge in [-0.3, -0.25) is 0 Å². The van der Waals surface area contributed by atoms with Crippen molar-refractivity contribution in [3.8, 4) is 5.75 Å². The van der Waals surface area contributed by atoms with Crippen LogP contribution >= 0.6 is 0 Å². The molecule has 1 unspecified atom stereocenters. The predicted molar refractivity (Wildman–Crippen MR) is 62.6 cm³/mol. The Morgan fingerprint density at radius 1 is 1.27 bits per heavy atom. The smallest absolute Gasteiger partial charge is 0.122 e. The molecule has 0 aliphatic carbocycles. The number of ether oxygens (including phenoxy) is 1. The highest BCUT2D eigenvalue weighted by Crippen LogP contribution is 2.31. The topological polar surface area (TPSA) is 29.5 Å². The minimum absolute atomic E-state index is 0.176. The van der Waals surface area contributed by atoms with E-state index in [4.69, 9.17) is 4.74 Å². The molecular formula is C13H20O2. The van der Waals surface area contributed by atoms with Gasteiger partial charge in [-0.25, -0.2) is 0 Å². The average Bonchev–Trinajstić information content (AvgIpc) is 2.24. The summed E-state index contributed by atoms with van der Waals surface area (Å²) < 4.78 is 5.35. The van der Waals surface area contributed by atoms with Crippen LogP contribution in [0.1, 0.15) is 36.0 Å². The molecule has 0 bridgehead atoms. The second-order valence-corrected chi connectivity index (χ2v) is 3.97. The summed E-state index contributed by atoms with van der Waals surface area (Å²) in [6.45, 7) is 6.41. The average molecular weight is 208 g/mol. The van der Waals surface area contributed by atoms with E-state index in [0.29, 0.717) is 0 Å². The first-order chi connectivity index (χ1) is 7.13. The summed E-state index contributed by atoms with van der Waals surface area (Å²) in [5.41, 5.74) is 3.59. The molecule has 2 nitrogen and oxygen atoms in total. The van der Waals surface area contributed by atoms with Gasteiger partial charge in [0, 0.05) is 5.92 Å². The van der Waals surface area contributed by atoms with E-state index in [1.165, 1.54) is 11.1 Å². The van der Waals surface area contributed by atoms with Crippen molar-refractivity contribution in [1.82, 2.24) is 0 Å². The third-order valence-corrected chi connectivity index (χ3v) is 3.00. The summed E-state index contributed by atoms with van der Waals surface area (Å²) in [5, 5.41) is 9.30. The number of methoxy groups -OCH3 is 1. The quantitative estimate of drug-likeness (QED) is 0.824. The fourth-order valence-corrected chi connectivity index (χ4v) is 1.76. The molecule has 0 radical (unpaired) electrons. The van der Waals surface area contributed by atoms with E-state index in [1.54, 1.807) is 7.11 Å². The molecule has 0 aliphatic heterocycles. The van der Waals surface area contributed by atoms with Crippen molar-refractivity contribution in [2.45, 2.75) is 33.1 Å². The number of benzene rings is 1. The molecule has 0 saturated heterocycles. The third kappa shape index (κ3) is 2.51. The van der Waals surface area contributed by atoms with Gasteiger partial charge in [0.25, 0.3) is 0 Å². The van der Waals surface area contributed by atoms with Crippen molar-refractivity contribution >= 4 is 0 Å². The SMILES string of the molecule is CCC(CO)c1cc(C)c(C)cc1OC. The van der Waals surface area contributed by atoms with Gasteiger partial charge in [-0.2, -0.15) is 0 Å². The van der Waals surface area contributed by atoms with Crippen molar-refractivity contribution < 1.29 is 9.84 Å². The second kappa shape index (κ2) is 5.17.